The van der Waals surface area contributed by atoms with E-state index >= 15 is 0 Å². The van der Waals surface area contributed by atoms with E-state index in [1.165, 1.54) is 24.9 Å². The molecule has 0 radical (unpaired) electrons. The summed E-state index contributed by atoms with van der Waals surface area (Å²) in [7, 11) is 2.05. The van der Waals surface area contributed by atoms with Gasteiger partial charge in [-0.05, 0) is 55.6 Å². The molecule has 0 saturated carbocycles. The second kappa shape index (κ2) is 9.02. The Bertz CT molecular complexity index is 603. The molecule has 1 unspecified atom stereocenters. The Labute approximate surface area is 151 Å². The van der Waals surface area contributed by atoms with Crippen molar-refractivity contribution in [3.05, 3.63) is 54.2 Å². The second-order valence-corrected chi connectivity index (χ2v) is 6.40. The van der Waals surface area contributed by atoms with E-state index in [0.29, 0.717) is 5.92 Å². The van der Waals surface area contributed by atoms with E-state index in [4.69, 9.17) is 5.73 Å². The van der Waals surface area contributed by atoms with Crippen molar-refractivity contribution in [3.8, 4) is 0 Å². The number of piperidine rings is 1. The quantitative estimate of drug-likeness (QED) is 0.900. The zero-order valence-corrected chi connectivity index (χ0v) is 15.1. The van der Waals surface area contributed by atoms with Gasteiger partial charge in [-0.15, -0.1) is 12.4 Å². The van der Waals surface area contributed by atoms with Crippen LogP contribution in [-0.4, -0.2) is 36.6 Å². The Kier molecular flexibility index (Phi) is 7.03. The number of nitrogens with zero attached hydrogens (tertiary/aromatic N) is 3. The highest BCUT2D eigenvalue weighted by molar-refractivity contribution is 5.85. The number of nitrogens with two attached hydrogens (primary N) is 1. The van der Waals surface area contributed by atoms with Gasteiger partial charge >= 0.3 is 0 Å². The molecule has 2 heterocycles. The van der Waals surface area contributed by atoms with E-state index in [-0.39, 0.29) is 12.4 Å². The van der Waals surface area contributed by atoms with Crippen molar-refractivity contribution >= 4 is 23.9 Å². The van der Waals surface area contributed by atoms with Gasteiger partial charge in [0.25, 0.3) is 0 Å². The maximum atomic E-state index is 5.82. The largest absolute Gasteiger partial charge is 0.330 e. The third kappa shape index (κ3) is 4.69. The van der Waals surface area contributed by atoms with Crippen LogP contribution in [0, 0.1) is 5.92 Å². The fraction of sp³-hybridized carbons (Fsp3) is 0.421. The lowest BCUT2D eigenvalue weighted by molar-refractivity contribution is 0.171. The van der Waals surface area contributed by atoms with E-state index in [1.807, 2.05) is 31.4 Å². The minimum absolute atomic E-state index is 0. The van der Waals surface area contributed by atoms with Gasteiger partial charge in [-0.2, -0.15) is 0 Å². The Morgan fingerprint density at radius 3 is 2.67 bits per heavy atom. The van der Waals surface area contributed by atoms with Crippen molar-refractivity contribution < 1.29 is 0 Å². The first-order chi connectivity index (χ1) is 11.3. The number of anilines is 2. The number of aromatic nitrogens is 1. The molecular formula is C19H27ClN4. The van der Waals surface area contributed by atoms with Gasteiger partial charge in [-0.3, -0.25) is 4.90 Å². The van der Waals surface area contributed by atoms with Crippen LogP contribution in [0.5, 0.6) is 0 Å². The molecular weight excluding hydrogens is 320 g/mol. The molecule has 1 saturated heterocycles. The number of para-hydroxylation sites is 1. The summed E-state index contributed by atoms with van der Waals surface area (Å²) in [6.07, 6.45) is 4.52. The van der Waals surface area contributed by atoms with Crippen LogP contribution >= 0.6 is 12.4 Å². The maximum absolute atomic E-state index is 5.82. The number of hydrogen-bond acceptors (Lipinski definition) is 4. The predicted molar refractivity (Wildman–Crippen MR) is 103 cm³/mol. The number of rotatable bonds is 5. The monoisotopic (exact) mass is 346 g/mol. The van der Waals surface area contributed by atoms with E-state index in [1.54, 1.807) is 0 Å². The van der Waals surface area contributed by atoms with Crippen molar-refractivity contribution in [2.24, 2.45) is 11.7 Å². The number of likely N-dealkylation sites (tertiary alicyclic amines) is 1. The van der Waals surface area contributed by atoms with Gasteiger partial charge in [0.1, 0.15) is 5.82 Å². The first-order valence-corrected chi connectivity index (χ1v) is 8.42. The molecule has 1 fully saturated rings. The molecule has 0 bridgehead atoms. The smallest absolute Gasteiger partial charge is 0.132 e. The Balaban J connectivity index is 0.00000208. The molecule has 4 nitrogen and oxygen atoms in total. The van der Waals surface area contributed by atoms with Crippen LogP contribution in [0.1, 0.15) is 18.4 Å². The van der Waals surface area contributed by atoms with E-state index in [9.17, 15) is 0 Å². The molecule has 2 N–H and O–H groups in total. The summed E-state index contributed by atoms with van der Waals surface area (Å²) in [5.74, 6) is 1.62. The fourth-order valence-corrected chi connectivity index (χ4v) is 3.24. The van der Waals surface area contributed by atoms with Crippen LogP contribution in [0.4, 0.5) is 11.5 Å². The van der Waals surface area contributed by atoms with Crippen molar-refractivity contribution in [2.45, 2.75) is 19.4 Å². The molecule has 3 rings (SSSR count). The first kappa shape index (κ1) is 18.7. The van der Waals surface area contributed by atoms with Gasteiger partial charge < -0.3 is 10.6 Å². The second-order valence-electron chi connectivity index (χ2n) is 6.40. The number of hydrogen-bond donors (Lipinski definition) is 1. The Hall–Kier alpha value is -1.62. The van der Waals surface area contributed by atoms with Gasteiger partial charge in [-0.25, -0.2) is 4.98 Å². The SMILES string of the molecule is CN(c1ccccc1)c1ccc(CN2CCCC(CN)C2)cn1.Cl. The molecule has 0 amide bonds. The molecule has 1 aliphatic rings. The lowest BCUT2D eigenvalue weighted by Crippen LogP contribution is -2.37. The standard InChI is InChI=1S/C19H26N4.ClH/c1-22(18-7-3-2-4-8-18)19-10-9-17(13-21-19)15-23-11-5-6-16(12-20)14-23;/h2-4,7-10,13,16H,5-6,11-12,14-15,20H2,1H3;1H. The summed E-state index contributed by atoms with van der Waals surface area (Å²) in [6.45, 7) is 4.05. The molecule has 24 heavy (non-hydrogen) atoms. The lowest BCUT2D eigenvalue weighted by atomic mass is 9.98. The average molecular weight is 347 g/mol. The molecule has 5 heteroatoms. The number of benzene rings is 1. The third-order valence-corrected chi connectivity index (χ3v) is 4.64. The van der Waals surface area contributed by atoms with Gasteiger partial charge in [-0.1, -0.05) is 24.3 Å². The lowest BCUT2D eigenvalue weighted by Gasteiger charge is -2.32. The highest BCUT2D eigenvalue weighted by Gasteiger charge is 2.18. The van der Waals surface area contributed by atoms with Crippen molar-refractivity contribution in [2.75, 3.05) is 31.6 Å². The van der Waals surface area contributed by atoms with Gasteiger partial charge in [0.2, 0.25) is 0 Å². The molecule has 1 aromatic heterocycles. The molecule has 1 atom stereocenters. The molecule has 2 aromatic rings. The zero-order chi connectivity index (χ0) is 16.1. The molecule has 0 aliphatic carbocycles. The van der Waals surface area contributed by atoms with Crippen LogP contribution in [0.15, 0.2) is 48.7 Å². The van der Waals surface area contributed by atoms with Crippen LogP contribution in [-0.2, 0) is 6.54 Å². The summed E-state index contributed by atoms with van der Waals surface area (Å²) < 4.78 is 0. The molecule has 0 spiro atoms. The van der Waals surface area contributed by atoms with Gasteiger partial charge in [0, 0.05) is 32.0 Å². The highest BCUT2D eigenvalue weighted by Crippen LogP contribution is 2.22. The normalized spacial score (nSPS) is 18.0. The predicted octanol–water partition coefficient (Wildman–Crippen LogP) is 3.44. The molecule has 130 valence electrons. The van der Waals surface area contributed by atoms with Crippen molar-refractivity contribution in [1.29, 1.82) is 0 Å². The zero-order valence-electron chi connectivity index (χ0n) is 14.3. The van der Waals surface area contributed by atoms with Crippen LogP contribution in [0.3, 0.4) is 0 Å². The summed E-state index contributed by atoms with van der Waals surface area (Å²) in [5, 5.41) is 0. The van der Waals surface area contributed by atoms with Crippen LogP contribution < -0.4 is 10.6 Å². The summed E-state index contributed by atoms with van der Waals surface area (Å²) >= 11 is 0. The van der Waals surface area contributed by atoms with Crippen LogP contribution in [0.25, 0.3) is 0 Å². The topological polar surface area (TPSA) is 45.4 Å². The summed E-state index contributed by atoms with van der Waals surface area (Å²) in [4.78, 5) is 9.24. The molecule has 1 aromatic carbocycles. The first-order valence-electron chi connectivity index (χ1n) is 8.42. The van der Waals surface area contributed by atoms with Crippen LogP contribution in [0.2, 0.25) is 0 Å². The van der Waals surface area contributed by atoms with E-state index in [2.05, 4.69) is 39.0 Å². The minimum atomic E-state index is 0. The number of pyridine rings is 1. The van der Waals surface area contributed by atoms with Crippen molar-refractivity contribution in [1.82, 2.24) is 9.88 Å². The Morgan fingerprint density at radius 1 is 1.21 bits per heavy atom. The maximum Gasteiger partial charge on any atom is 0.132 e. The average Bonchev–Trinajstić information content (AvgIpc) is 2.63. The summed E-state index contributed by atoms with van der Waals surface area (Å²) in [6, 6.07) is 14.6. The van der Waals surface area contributed by atoms with Gasteiger partial charge in [0.05, 0.1) is 0 Å². The fourth-order valence-electron chi connectivity index (χ4n) is 3.24. The highest BCUT2D eigenvalue weighted by atomic mass is 35.5. The number of halogens is 1. The molecule has 1 aliphatic heterocycles. The van der Waals surface area contributed by atoms with E-state index in [0.717, 1.165) is 31.1 Å². The summed E-state index contributed by atoms with van der Waals surface area (Å²) in [5.41, 5.74) is 8.24. The Morgan fingerprint density at radius 2 is 2.00 bits per heavy atom. The minimum Gasteiger partial charge on any atom is -0.330 e. The van der Waals surface area contributed by atoms with E-state index < -0.39 is 0 Å². The third-order valence-electron chi connectivity index (χ3n) is 4.64. The van der Waals surface area contributed by atoms with Crippen molar-refractivity contribution in [3.63, 3.8) is 0 Å². The van der Waals surface area contributed by atoms with Gasteiger partial charge in [0.15, 0.2) is 0 Å².